The second kappa shape index (κ2) is 5.05. The van der Waals surface area contributed by atoms with E-state index < -0.39 is 0 Å². The maximum Gasteiger partial charge on any atom is 0.0613 e. The minimum atomic E-state index is 0.0803. The van der Waals surface area contributed by atoms with Crippen LogP contribution in [0.3, 0.4) is 0 Å². The summed E-state index contributed by atoms with van der Waals surface area (Å²) in [6.07, 6.45) is 9.12. The molecule has 2 rings (SSSR count). The second-order valence-electron chi connectivity index (χ2n) is 6.33. The first-order valence-corrected chi connectivity index (χ1v) is 7.04. The molecule has 94 valence electrons. The van der Waals surface area contributed by atoms with E-state index in [2.05, 4.69) is 19.2 Å². The first-order valence-electron chi connectivity index (χ1n) is 7.04. The summed E-state index contributed by atoms with van der Waals surface area (Å²) in [7, 11) is 0. The highest BCUT2D eigenvalue weighted by atomic mass is 16.3. The van der Waals surface area contributed by atoms with Crippen LogP contribution in [-0.4, -0.2) is 23.3 Å². The van der Waals surface area contributed by atoms with Crippen LogP contribution in [0.15, 0.2) is 0 Å². The minimum absolute atomic E-state index is 0.0803. The lowest BCUT2D eigenvalue weighted by molar-refractivity contribution is 0.00660. The standard InChI is InChI=1S/C14H27NO/c1-11(2)12-8-14(9-12,10-16)15-13-6-4-3-5-7-13/h11-13,15-16H,3-10H2,1-2H3. The zero-order chi connectivity index (χ0) is 11.6. The van der Waals surface area contributed by atoms with Crippen LogP contribution in [0, 0.1) is 11.8 Å². The number of hydrogen-bond acceptors (Lipinski definition) is 2. The average molecular weight is 225 g/mol. The monoisotopic (exact) mass is 225 g/mol. The predicted octanol–water partition coefficient (Wildman–Crippen LogP) is 2.71. The van der Waals surface area contributed by atoms with Crippen molar-refractivity contribution in [3.63, 3.8) is 0 Å². The molecule has 2 aliphatic rings. The van der Waals surface area contributed by atoms with Crippen LogP contribution in [0.5, 0.6) is 0 Å². The van der Waals surface area contributed by atoms with Crippen molar-refractivity contribution in [3.05, 3.63) is 0 Å². The molecule has 2 aliphatic carbocycles. The Morgan fingerprint density at radius 2 is 1.81 bits per heavy atom. The Morgan fingerprint density at radius 3 is 2.31 bits per heavy atom. The lowest BCUT2D eigenvalue weighted by Crippen LogP contribution is -2.62. The van der Waals surface area contributed by atoms with Crippen LogP contribution in [0.1, 0.15) is 58.8 Å². The maximum absolute atomic E-state index is 9.60. The van der Waals surface area contributed by atoms with Crippen LogP contribution in [0.2, 0.25) is 0 Å². The summed E-state index contributed by atoms with van der Waals surface area (Å²) in [5.41, 5.74) is 0.0803. The fourth-order valence-electron chi connectivity index (χ4n) is 3.39. The SMILES string of the molecule is CC(C)C1CC(CO)(NC2CCCCC2)C1. The Hall–Kier alpha value is -0.0800. The molecule has 0 heterocycles. The van der Waals surface area contributed by atoms with Crippen LogP contribution in [0.25, 0.3) is 0 Å². The smallest absolute Gasteiger partial charge is 0.0613 e. The molecule has 16 heavy (non-hydrogen) atoms. The summed E-state index contributed by atoms with van der Waals surface area (Å²) < 4.78 is 0. The molecule has 0 spiro atoms. The van der Waals surface area contributed by atoms with Crippen LogP contribution >= 0.6 is 0 Å². The normalized spacial score (nSPS) is 36.4. The van der Waals surface area contributed by atoms with E-state index in [0.717, 1.165) is 11.8 Å². The molecule has 2 fully saturated rings. The Bertz CT molecular complexity index is 215. The summed E-state index contributed by atoms with van der Waals surface area (Å²) >= 11 is 0. The molecule has 0 aromatic heterocycles. The number of nitrogens with one attached hydrogen (secondary N) is 1. The fraction of sp³-hybridized carbons (Fsp3) is 1.00. The summed E-state index contributed by atoms with van der Waals surface area (Å²) in [5, 5.41) is 13.4. The van der Waals surface area contributed by atoms with Crippen LogP contribution in [-0.2, 0) is 0 Å². The van der Waals surface area contributed by atoms with Gasteiger partial charge in [0.1, 0.15) is 0 Å². The van der Waals surface area contributed by atoms with E-state index in [4.69, 9.17) is 0 Å². The van der Waals surface area contributed by atoms with Gasteiger partial charge >= 0.3 is 0 Å². The van der Waals surface area contributed by atoms with Gasteiger partial charge in [0, 0.05) is 11.6 Å². The quantitative estimate of drug-likeness (QED) is 0.771. The van der Waals surface area contributed by atoms with Gasteiger partial charge in [0.05, 0.1) is 6.61 Å². The molecule has 2 heteroatoms. The molecule has 0 radical (unpaired) electrons. The van der Waals surface area contributed by atoms with Crippen molar-refractivity contribution in [1.82, 2.24) is 5.32 Å². The van der Waals surface area contributed by atoms with Crippen molar-refractivity contribution in [3.8, 4) is 0 Å². The van der Waals surface area contributed by atoms with Crippen LogP contribution < -0.4 is 5.32 Å². The van der Waals surface area contributed by atoms with E-state index in [-0.39, 0.29) is 5.54 Å². The molecule has 2 N–H and O–H groups in total. The lowest BCUT2D eigenvalue weighted by atomic mass is 9.64. The molecule has 0 amide bonds. The highest BCUT2D eigenvalue weighted by Crippen LogP contribution is 2.42. The predicted molar refractivity (Wildman–Crippen MR) is 67.4 cm³/mol. The third kappa shape index (κ3) is 2.60. The van der Waals surface area contributed by atoms with Gasteiger partial charge in [0.2, 0.25) is 0 Å². The lowest BCUT2D eigenvalue weighted by Gasteiger charge is -2.51. The molecular formula is C14H27NO. The molecule has 0 aliphatic heterocycles. The number of aliphatic hydroxyl groups excluding tert-OH is 1. The van der Waals surface area contributed by atoms with Gasteiger partial charge in [-0.25, -0.2) is 0 Å². The molecule has 0 saturated heterocycles. The Kier molecular flexibility index (Phi) is 3.91. The van der Waals surface area contributed by atoms with E-state index in [1.54, 1.807) is 0 Å². The third-order valence-electron chi connectivity index (χ3n) is 4.67. The van der Waals surface area contributed by atoms with E-state index in [1.165, 1.54) is 44.9 Å². The first-order chi connectivity index (χ1) is 7.65. The Labute approximate surface area is 99.8 Å². The van der Waals surface area contributed by atoms with Gasteiger partial charge in [0.15, 0.2) is 0 Å². The summed E-state index contributed by atoms with van der Waals surface area (Å²) in [6, 6.07) is 0.675. The van der Waals surface area contributed by atoms with Crippen molar-refractivity contribution in [2.45, 2.75) is 70.4 Å². The van der Waals surface area contributed by atoms with Gasteiger partial charge in [-0.05, 0) is 37.5 Å². The van der Waals surface area contributed by atoms with E-state index >= 15 is 0 Å². The molecule has 0 aromatic rings. The van der Waals surface area contributed by atoms with Gasteiger partial charge in [0.25, 0.3) is 0 Å². The van der Waals surface area contributed by atoms with E-state index in [1.807, 2.05) is 0 Å². The van der Waals surface area contributed by atoms with Crippen molar-refractivity contribution in [2.75, 3.05) is 6.61 Å². The highest BCUT2D eigenvalue weighted by Gasteiger charge is 2.45. The van der Waals surface area contributed by atoms with Crippen LogP contribution in [0.4, 0.5) is 0 Å². The number of hydrogen-bond donors (Lipinski definition) is 2. The number of aliphatic hydroxyl groups is 1. The fourth-order valence-corrected chi connectivity index (χ4v) is 3.39. The molecule has 0 aromatic carbocycles. The van der Waals surface area contributed by atoms with Crippen molar-refractivity contribution >= 4 is 0 Å². The Balaban J connectivity index is 1.82. The Morgan fingerprint density at radius 1 is 1.19 bits per heavy atom. The third-order valence-corrected chi connectivity index (χ3v) is 4.67. The molecule has 0 atom stereocenters. The van der Waals surface area contributed by atoms with E-state index in [9.17, 15) is 5.11 Å². The molecule has 2 saturated carbocycles. The summed E-state index contributed by atoms with van der Waals surface area (Å²) in [4.78, 5) is 0. The zero-order valence-electron chi connectivity index (χ0n) is 10.8. The van der Waals surface area contributed by atoms with Crippen molar-refractivity contribution < 1.29 is 5.11 Å². The molecule has 2 nitrogen and oxygen atoms in total. The van der Waals surface area contributed by atoms with E-state index in [0.29, 0.717) is 12.6 Å². The first kappa shape index (κ1) is 12.4. The number of rotatable bonds is 4. The largest absolute Gasteiger partial charge is 0.394 e. The molecule has 0 unspecified atom stereocenters. The van der Waals surface area contributed by atoms with Crippen molar-refractivity contribution in [1.29, 1.82) is 0 Å². The van der Waals surface area contributed by atoms with Gasteiger partial charge < -0.3 is 10.4 Å². The summed E-state index contributed by atoms with van der Waals surface area (Å²) in [5.74, 6) is 1.59. The summed E-state index contributed by atoms with van der Waals surface area (Å²) in [6.45, 7) is 4.92. The maximum atomic E-state index is 9.60. The second-order valence-corrected chi connectivity index (χ2v) is 6.33. The van der Waals surface area contributed by atoms with Crippen molar-refractivity contribution in [2.24, 2.45) is 11.8 Å². The average Bonchev–Trinajstić information content (AvgIpc) is 2.24. The zero-order valence-corrected chi connectivity index (χ0v) is 10.8. The molecule has 0 bridgehead atoms. The van der Waals surface area contributed by atoms with Gasteiger partial charge in [-0.15, -0.1) is 0 Å². The highest BCUT2D eigenvalue weighted by molar-refractivity contribution is 5.03. The molecular weight excluding hydrogens is 198 g/mol. The minimum Gasteiger partial charge on any atom is -0.394 e. The van der Waals surface area contributed by atoms with Gasteiger partial charge in [-0.2, -0.15) is 0 Å². The van der Waals surface area contributed by atoms with Gasteiger partial charge in [-0.1, -0.05) is 33.1 Å². The topological polar surface area (TPSA) is 32.3 Å². The van der Waals surface area contributed by atoms with Gasteiger partial charge in [-0.3, -0.25) is 0 Å².